The molecule has 20 heavy (non-hydrogen) atoms. The standard InChI is InChI=1S/C15H27N3O2/c1-11(15(19)18-5-7-20-8-6-18)16-12-9-13-3-4-14(10-12)17(13)2/h11-14,16H,3-10H2,1-2H3. The van der Waals surface area contributed by atoms with E-state index in [0.29, 0.717) is 19.3 Å². The number of carbonyl (C=O) groups excluding carboxylic acids is 1. The van der Waals surface area contributed by atoms with Gasteiger partial charge in [-0.3, -0.25) is 4.79 Å². The van der Waals surface area contributed by atoms with Crippen molar-refractivity contribution in [2.75, 3.05) is 33.4 Å². The maximum absolute atomic E-state index is 12.4. The first-order valence-electron chi connectivity index (χ1n) is 7.99. The summed E-state index contributed by atoms with van der Waals surface area (Å²) < 4.78 is 5.31. The molecule has 3 rings (SSSR count). The predicted molar refractivity (Wildman–Crippen MR) is 77.6 cm³/mol. The third-order valence-electron chi connectivity index (χ3n) is 5.28. The van der Waals surface area contributed by atoms with Gasteiger partial charge in [0, 0.05) is 31.2 Å². The molecule has 3 fully saturated rings. The van der Waals surface area contributed by atoms with Crippen LogP contribution in [0.2, 0.25) is 0 Å². The Morgan fingerprint density at radius 2 is 1.80 bits per heavy atom. The number of hydrogen-bond acceptors (Lipinski definition) is 4. The Kier molecular flexibility index (Phi) is 4.29. The number of morpholine rings is 1. The Morgan fingerprint density at radius 3 is 2.40 bits per heavy atom. The fourth-order valence-electron chi connectivity index (χ4n) is 4.03. The molecule has 5 heteroatoms. The first-order chi connectivity index (χ1) is 9.65. The van der Waals surface area contributed by atoms with Crippen molar-refractivity contribution in [3.63, 3.8) is 0 Å². The van der Waals surface area contributed by atoms with Crippen LogP contribution in [0.3, 0.4) is 0 Å². The Morgan fingerprint density at radius 1 is 1.20 bits per heavy atom. The van der Waals surface area contributed by atoms with Gasteiger partial charge >= 0.3 is 0 Å². The molecular weight excluding hydrogens is 254 g/mol. The molecule has 3 aliphatic heterocycles. The fraction of sp³-hybridized carbons (Fsp3) is 0.933. The quantitative estimate of drug-likeness (QED) is 0.816. The van der Waals surface area contributed by atoms with E-state index >= 15 is 0 Å². The average molecular weight is 281 g/mol. The lowest BCUT2D eigenvalue weighted by Gasteiger charge is -2.38. The lowest BCUT2D eigenvalue weighted by molar-refractivity contribution is -0.137. The third-order valence-corrected chi connectivity index (χ3v) is 5.28. The molecule has 0 saturated carbocycles. The number of amides is 1. The molecule has 114 valence electrons. The minimum Gasteiger partial charge on any atom is -0.378 e. The summed E-state index contributed by atoms with van der Waals surface area (Å²) in [5, 5.41) is 3.58. The van der Waals surface area contributed by atoms with E-state index in [-0.39, 0.29) is 11.9 Å². The zero-order valence-electron chi connectivity index (χ0n) is 12.7. The summed E-state index contributed by atoms with van der Waals surface area (Å²) in [7, 11) is 2.25. The smallest absolute Gasteiger partial charge is 0.239 e. The number of nitrogens with one attached hydrogen (secondary N) is 1. The van der Waals surface area contributed by atoms with Crippen LogP contribution < -0.4 is 5.32 Å². The molecule has 5 nitrogen and oxygen atoms in total. The highest BCUT2D eigenvalue weighted by atomic mass is 16.5. The molecule has 0 aliphatic carbocycles. The Labute approximate surface area is 121 Å². The zero-order chi connectivity index (χ0) is 14.1. The van der Waals surface area contributed by atoms with Crippen LogP contribution in [0.5, 0.6) is 0 Å². The largest absolute Gasteiger partial charge is 0.378 e. The second-order valence-electron chi connectivity index (χ2n) is 6.54. The Bertz CT molecular complexity index is 343. The van der Waals surface area contributed by atoms with E-state index in [1.165, 1.54) is 25.7 Å². The average Bonchev–Trinajstić information content (AvgIpc) is 2.69. The SMILES string of the molecule is CC(NC1CC2CCC(C1)N2C)C(=O)N1CCOCC1. The van der Waals surface area contributed by atoms with Gasteiger partial charge in [-0.05, 0) is 39.7 Å². The molecule has 3 aliphatic rings. The summed E-state index contributed by atoms with van der Waals surface area (Å²) in [6, 6.07) is 1.87. The summed E-state index contributed by atoms with van der Waals surface area (Å²) in [5.41, 5.74) is 0. The molecule has 3 atom stereocenters. The highest BCUT2D eigenvalue weighted by Gasteiger charge is 2.39. The minimum atomic E-state index is -0.0686. The van der Waals surface area contributed by atoms with Crippen LogP contribution in [0.15, 0.2) is 0 Å². The van der Waals surface area contributed by atoms with E-state index in [1.54, 1.807) is 0 Å². The molecule has 3 heterocycles. The lowest BCUT2D eigenvalue weighted by Crippen LogP contribution is -2.54. The number of nitrogens with zero attached hydrogens (tertiary/aromatic N) is 2. The molecular formula is C15H27N3O2. The second kappa shape index (κ2) is 6.00. The van der Waals surface area contributed by atoms with Gasteiger partial charge in [0.1, 0.15) is 0 Å². The van der Waals surface area contributed by atoms with Crippen molar-refractivity contribution in [2.45, 2.75) is 56.8 Å². The van der Waals surface area contributed by atoms with Crippen molar-refractivity contribution in [2.24, 2.45) is 0 Å². The molecule has 3 unspecified atom stereocenters. The van der Waals surface area contributed by atoms with Crippen LogP contribution in [-0.4, -0.2) is 73.2 Å². The maximum Gasteiger partial charge on any atom is 0.239 e. The van der Waals surface area contributed by atoms with Gasteiger partial charge in [-0.25, -0.2) is 0 Å². The van der Waals surface area contributed by atoms with Gasteiger partial charge in [0.2, 0.25) is 5.91 Å². The molecule has 0 aromatic carbocycles. The number of ether oxygens (including phenoxy) is 1. The number of fused-ring (bicyclic) bond motifs is 2. The molecule has 2 bridgehead atoms. The molecule has 3 saturated heterocycles. The summed E-state index contributed by atoms with van der Waals surface area (Å²) >= 11 is 0. The highest BCUT2D eigenvalue weighted by Crippen LogP contribution is 2.34. The lowest BCUT2D eigenvalue weighted by atomic mass is 9.97. The van der Waals surface area contributed by atoms with Crippen molar-refractivity contribution >= 4 is 5.91 Å². The molecule has 0 spiro atoms. The van der Waals surface area contributed by atoms with Crippen LogP contribution in [0, 0.1) is 0 Å². The fourth-order valence-corrected chi connectivity index (χ4v) is 4.03. The monoisotopic (exact) mass is 281 g/mol. The number of piperidine rings is 1. The topological polar surface area (TPSA) is 44.8 Å². The van der Waals surface area contributed by atoms with Crippen LogP contribution in [0.4, 0.5) is 0 Å². The molecule has 0 aromatic rings. The van der Waals surface area contributed by atoms with Crippen LogP contribution in [0.1, 0.15) is 32.6 Å². The Balaban J connectivity index is 1.51. The highest BCUT2D eigenvalue weighted by molar-refractivity contribution is 5.81. The predicted octanol–water partition coefficient (Wildman–Crippen LogP) is 0.449. The second-order valence-corrected chi connectivity index (χ2v) is 6.54. The van der Waals surface area contributed by atoms with Crippen LogP contribution in [-0.2, 0) is 9.53 Å². The van der Waals surface area contributed by atoms with Gasteiger partial charge in [0.05, 0.1) is 19.3 Å². The van der Waals surface area contributed by atoms with Gasteiger partial charge in [0.15, 0.2) is 0 Å². The maximum atomic E-state index is 12.4. The number of rotatable bonds is 3. The van der Waals surface area contributed by atoms with Crippen molar-refractivity contribution in [1.29, 1.82) is 0 Å². The van der Waals surface area contributed by atoms with Crippen molar-refractivity contribution in [3.8, 4) is 0 Å². The van der Waals surface area contributed by atoms with Crippen LogP contribution >= 0.6 is 0 Å². The van der Waals surface area contributed by atoms with E-state index in [0.717, 1.165) is 25.2 Å². The number of hydrogen-bond donors (Lipinski definition) is 1. The van der Waals surface area contributed by atoms with Crippen molar-refractivity contribution < 1.29 is 9.53 Å². The summed E-state index contributed by atoms with van der Waals surface area (Å²) in [6.07, 6.45) is 5.03. The first-order valence-corrected chi connectivity index (χ1v) is 7.99. The van der Waals surface area contributed by atoms with E-state index in [4.69, 9.17) is 4.74 Å². The molecule has 1 amide bonds. The van der Waals surface area contributed by atoms with Gasteiger partial charge in [0.25, 0.3) is 0 Å². The summed E-state index contributed by atoms with van der Waals surface area (Å²) in [5.74, 6) is 0.236. The minimum absolute atomic E-state index is 0.0686. The normalized spacial score (nSPS) is 36.1. The van der Waals surface area contributed by atoms with E-state index in [2.05, 4.69) is 17.3 Å². The molecule has 1 N–H and O–H groups in total. The van der Waals surface area contributed by atoms with Crippen molar-refractivity contribution in [3.05, 3.63) is 0 Å². The van der Waals surface area contributed by atoms with Gasteiger partial charge in [-0.1, -0.05) is 0 Å². The van der Waals surface area contributed by atoms with Gasteiger partial charge in [-0.2, -0.15) is 0 Å². The van der Waals surface area contributed by atoms with Crippen LogP contribution in [0.25, 0.3) is 0 Å². The number of carbonyl (C=O) groups is 1. The molecule has 0 radical (unpaired) electrons. The van der Waals surface area contributed by atoms with Gasteiger partial charge < -0.3 is 19.9 Å². The Hall–Kier alpha value is -0.650. The summed E-state index contributed by atoms with van der Waals surface area (Å²) in [4.78, 5) is 16.9. The van der Waals surface area contributed by atoms with Gasteiger partial charge in [-0.15, -0.1) is 0 Å². The zero-order valence-corrected chi connectivity index (χ0v) is 12.7. The summed E-state index contributed by atoms with van der Waals surface area (Å²) in [6.45, 7) is 4.85. The molecule has 0 aromatic heterocycles. The van der Waals surface area contributed by atoms with E-state index in [1.807, 2.05) is 11.8 Å². The van der Waals surface area contributed by atoms with Crippen molar-refractivity contribution in [1.82, 2.24) is 15.1 Å². The van der Waals surface area contributed by atoms with E-state index in [9.17, 15) is 4.79 Å². The third kappa shape index (κ3) is 2.85. The van der Waals surface area contributed by atoms with E-state index < -0.39 is 0 Å². The first kappa shape index (κ1) is 14.3.